The Morgan fingerprint density at radius 1 is 1.10 bits per heavy atom. The largest absolute Gasteiger partial charge is 0.310 e. The number of benzene rings is 1. The highest BCUT2D eigenvalue weighted by Gasteiger charge is 2.18. The number of imidazole rings is 1. The minimum Gasteiger partial charge on any atom is -0.310 e. The third-order valence-electron chi connectivity index (χ3n) is 4.44. The van der Waals surface area contributed by atoms with Gasteiger partial charge in [0.1, 0.15) is 22.3 Å². The van der Waals surface area contributed by atoms with E-state index in [9.17, 15) is 9.18 Å². The van der Waals surface area contributed by atoms with Crippen molar-refractivity contribution < 1.29 is 9.18 Å². The van der Waals surface area contributed by atoms with Gasteiger partial charge in [-0.05, 0) is 36.4 Å². The second-order valence-corrected chi connectivity index (χ2v) is 8.21. The molecule has 0 unspecified atom stereocenters. The van der Waals surface area contributed by atoms with E-state index < -0.39 is 0 Å². The van der Waals surface area contributed by atoms with Gasteiger partial charge in [0.25, 0.3) is 0 Å². The zero-order valence-electron chi connectivity index (χ0n) is 15.4. The van der Waals surface area contributed by atoms with Gasteiger partial charge >= 0.3 is 0 Å². The highest BCUT2D eigenvalue weighted by Crippen LogP contribution is 2.31. The van der Waals surface area contributed by atoms with E-state index in [2.05, 4.69) is 20.3 Å². The number of carbonyl (C=O) groups is 1. The Bertz CT molecular complexity index is 1320. The lowest BCUT2D eigenvalue weighted by Crippen LogP contribution is -2.16. The van der Waals surface area contributed by atoms with Crippen molar-refractivity contribution in [1.82, 2.24) is 19.4 Å². The molecular formula is C21H14FN5OS2. The molecule has 4 heterocycles. The average Bonchev–Trinajstić information content (AvgIpc) is 3.47. The molecule has 9 heteroatoms. The van der Waals surface area contributed by atoms with Gasteiger partial charge in [-0.2, -0.15) is 0 Å². The molecule has 4 aromatic heterocycles. The van der Waals surface area contributed by atoms with E-state index in [1.165, 1.54) is 34.8 Å². The second kappa shape index (κ2) is 7.77. The summed E-state index contributed by atoms with van der Waals surface area (Å²) in [5.41, 5.74) is 2.94. The molecule has 30 heavy (non-hydrogen) atoms. The first-order valence-corrected chi connectivity index (χ1v) is 10.8. The van der Waals surface area contributed by atoms with Crippen LogP contribution in [0.2, 0.25) is 0 Å². The summed E-state index contributed by atoms with van der Waals surface area (Å²) in [5, 5.41) is 7.55. The maximum Gasteiger partial charge on any atom is 0.231 e. The number of nitrogens with zero attached hydrogens (tertiary/aromatic N) is 4. The number of hydrogen-bond donors (Lipinski definition) is 1. The number of halogens is 1. The van der Waals surface area contributed by atoms with Crippen molar-refractivity contribution in [2.45, 2.75) is 6.42 Å². The molecule has 0 atom stereocenters. The first-order valence-electron chi connectivity index (χ1n) is 9.03. The number of fused-ring (bicyclic) bond motifs is 1. The van der Waals surface area contributed by atoms with Crippen molar-refractivity contribution >= 4 is 39.4 Å². The first-order chi connectivity index (χ1) is 14.7. The summed E-state index contributed by atoms with van der Waals surface area (Å²) in [6, 6.07) is 9.85. The molecule has 1 aromatic carbocycles. The van der Waals surface area contributed by atoms with Gasteiger partial charge < -0.3 is 5.32 Å². The molecule has 0 aliphatic heterocycles. The smallest absolute Gasteiger partial charge is 0.231 e. The van der Waals surface area contributed by atoms with Crippen molar-refractivity contribution in [2.24, 2.45) is 0 Å². The summed E-state index contributed by atoms with van der Waals surface area (Å²) in [6.45, 7) is 0. The highest BCUT2D eigenvalue weighted by atomic mass is 32.1. The number of aromatic nitrogens is 4. The van der Waals surface area contributed by atoms with E-state index in [1.807, 2.05) is 33.5 Å². The first kappa shape index (κ1) is 18.6. The number of carbonyl (C=O) groups excluding carboxylic acids is 1. The van der Waals surface area contributed by atoms with Crippen molar-refractivity contribution in [3.63, 3.8) is 0 Å². The summed E-state index contributed by atoms with van der Waals surface area (Å²) in [7, 11) is 0. The monoisotopic (exact) mass is 435 g/mol. The summed E-state index contributed by atoms with van der Waals surface area (Å²) in [4.78, 5) is 26.8. The molecule has 1 amide bonds. The molecule has 0 aliphatic carbocycles. The maximum atomic E-state index is 13.3. The topological polar surface area (TPSA) is 72.2 Å². The number of hydrogen-bond acceptors (Lipinski definition) is 6. The SMILES string of the molecule is O=C(Cc1csc(-c2cccnc2)n1)Nc1c(-c2ccc(F)cc2)nc2sccn12. The minimum atomic E-state index is -0.321. The van der Waals surface area contributed by atoms with Crippen molar-refractivity contribution in [3.05, 3.63) is 77.3 Å². The van der Waals surface area contributed by atoms with Gasteiger partial charge in [0.15, 0.2) is 4.96 Å². The van der Waals surface area contributed by atoms with Gasteiger partial charge in [0.05, 0.1) is 12.1 Å². The van der Waals surface area contributed by atoms with Gasteiger partial charge in [0.2, 0.25) is 5.91 Å². The molecule has 1 N–H and O–H groups in total. The van der Waals surface area contributed by atoms with Crippen LogP contribution in [0.25, 0.3) is 26.8 Å². The van der Waals surface area contributed by atoms with Crippen LogP contribution in [0, 0.1) is 5.82 Å². The molecule has 148 valence electrons. The highest BCUT2D eigenvalue weighted by molar-refractivity contribution is 7.15. The maximum absolute atomic E-state index is 13.3. The summed E-state index contributed by atoms with van der Waals surface area (Å²) < 4.78 is 15.1. The molecule has 5 aromatic rings. The van der Waals surface area contributed by atoms with Gasteiger partial charge in [-0.1, -0.05) is 0 Å². The van der Waals surface area contributed by atoms with Gasteiger partial charge in [-0.3, -0.25) is 14.2 Å². The number of thiazole rings is 2. The van der Waals surface area contributed by atoms with Crippen molar-refractivity contribution in [2.75, 3.05) is 5.32 Å². The standard InChI is InChI=1S/C21H14FN5OS2/c22-15-5-3-13(4-6-15)18-19(27-8-9-29-21(27)26-18)25-17(28)10-16-12-30-20(24-16)14-2-1-7-23-11-14/h1-9,11-12H,10H2,(H,25,28). The van der Waals surface area contributed by atoms with Crippen LogP contribution in [-0.2, 0) is 11.2 Å². The quantitative estimate of drug-likeness (QED) is 0.426. The molecule has 0 bridgehead atoms. The predicted octanol–water partition coefficient (Wildman–Crippen LogP) is 4.90. The van der Waals surface area contributed by atoms with Crippen LogP contribution in [-0.4, -0.2) is 25.3 Å². The zero-order chi connectivity index (χ0) is 20.5. The Kier molecular flexibility index (Phi) is 4.82. The van der Waals surface area contributed by atoms with E-state index in [-0.39, 0.29) is 18.1 Å². The lowest BCUT2D eigenvalue weighted by atomic mass is 10.1. The Labute approximate surface area is 178 Å². The molecule has 0 saturated carbocycles. The Morgan fingerprint density at radius 2 is 1.97 bits per heavy atom. The Hall–Kier alpha value is -3.43. The van der Waals surface area contributed by atoms with E-state index >= 15 is 0 Å². The van der Waals surface area contributed by atoms with E-state index in [1.54, 1.807) is 24.5 Å². The number of pyridine rings is 1. The van der Waals surface area contributed by atoms with E-state index in [0.29, 0.717) is 17.2 Å². The fourth-order valence-corrected chi connectivity index (χ4v) is 4.59. The van der Waals surface area contributed by atoms with Crippen LogP contribution in [0.5, 0.6) is 0 Å². The van der Waals surface area contributed by atoms with Gasteiger partial charge in [-0.25, -0.2) is 14.4 Å². The van der Waals surface area contributed by atoms with Crippen LogP contribution in [0.1, 0.15) is 5.69 Å². The average molecular weight is 436 g/mol. The van der Waals surface area contributed by atoms with Crippen molar-refractivity contribution in [3.8, 4) is 21.8 Å². The molecule has 0 fully saturated rings. The molecule has 6 nitrogen and oxygen atoms in total. The van der Waals surface area contributed by atoms with Crippen LogP contribution in [0.3, 0.4) is 0 Å². The molecule has 0 aliphatic rings. The normalized spacial score (nSPS) is 11.1. The molecular weight excluding hydrogens is 421 g/mol. The lowest BCUT2D eigenvalue weighted by molar-refractivity contribution is -0.115. The predicted molar refractivity (Wildman–Crippen MR) is 116 cm³/mol. The number of amides is 1. The van der Waals surface area contributed by atoms with Crippen LogP contribution >= 0.6 is 22.7 Å². The lowest BCUT2D eigenvalue weighted by Gasteiger charge is -2.06. The van der Waals surface area contributed by atoms with Crippen LogP contribution in [0.4, 0.5) is 10.2 Å². The minimum absolute atomic E-state index is 0.136. The van der Waals surface area contributed by atoms with E-state index in [4.69, 9.17) is 0 Å². The third kappa shape index (κ3) is 3.60. The summed E-state index contributed by atoms with van der Waals surface area (Å²) in [5.74, 6) is 0.0401. The van der Waals surface area contributed by atoms with Crippen LogP contribution < -0.4 is 5.32 Å². The molecule has 0 saturated heterocycles. The summed E-state index contributed by atoms with van der Waals surface area (Å²) >= 11 is 2.94. The number of nitrogens with one attached hydrogen (secondary N) is 1. The fraction of sp³-hybridized carbons (Fsp3) is 0.0476. The Morgan fingerprint density at radius 3 is 2.77 bits per heavy atom. The molecule has 0 spiro atoms. The van der Waals surface area contributed by atoms with Gasteiger partial charge in [0, 0.05) is 40.5 Å². The zero-order valence-corrected chi connectivity index (χ0v) is 17.1. The number of anilines is 1. The number of rotatable bonds is 5. The Balaban J connectivity index is 1.40. The fourth-order valence-electron chi connectivity index (χ4n) is 3.07. The molecule has 0 radical (unpaired) electrons. The third-order valence-corrected chi connectivity index (χ3v) is 6.14. The van der Waals surface area contributed by atoms with E-state index in [0.717, 1.165) is 21.1 Å². The van der Waals surface area contributed by atoms with Gasteiger partial charge in [-0.15, -0.1) is 22.7 Å². The summed E-state index contributed by atoms with van der Waals surface area (Å²) in [6.07, 6.45) is 5.44. The second-order valence-electron chi connectivity index (χ2n) is 6.48. The van der Waals surface area contributed by atoms with Crippen LogP contribution in [0.15, 0.2) is 65.7 Å². The molecule has 5 rings (SSSR count). The van der Waals surface area contributed by atoms with Crippen molar-refractivity contribution in [1.29, 1.82) is 0 Å².